The number of aryl methyl sites for hydroxylation is 4. The van der Waals surface area contributed by atoms with Crippen molar-refractivity contribution in [2.45, 2.75) is 253 Å². The van der Waals surface area contributed by atoms with Gasteiger partial charge in [0, 0.05) is 45.1 Å². The number of hydrogen-bond donors (Lipinski definition) is 2. The van der Waals surface area contributed by atoms with Gasteiger partial charge in [-0.2, -0.15) is 0 Å². The summed E-state index contributed by atoms with van der Waals surface area (Å²) in [5.41, 5.74) is 10.8. The molecule has 0 bridgehead atoms. The first-order chi connectivity index (χ1) is 31.4. The number of rotatable bonds is 43. The molecule has 12 heteroatoms. The maximum absolute atomic E-state index is 12.7. The molecule has 0 amide bonds. The summed E-state index contributed by atoms with van der Waals surface area (Å²) in [4.78, 5) is 35.2. The third kappa shape index (κ3) is 27.2. The average Bonchev–Trinajstić information content (AvgIpc) is 3.71. The molecule has 0 saturated heterocycles. The molecule has 0 aliphatic carbocycles. The van der Waals surface area contributed by atoms with Gasteiger partial charge >= 0.3 is 19.8 Å². The maximum atomic E-state index is 12.7. The van der Waals surface area contributed by atoms with Crippen molar-refractivity contribution in [2.75, 3.05) is 26.4 Å². The first-order valence-electron chi connectivity index (χ1n) is 26.2. The van der Waals surface area contributed by atoms with E-state index in [1.807, 2.05) is 0 Å². The smallest absolute Gasteiger partial charge is 0.466 e. The van der Waals surface area contributed by atoms with Crippen LogP contribution in [-0.2, 0) is 58.4 Å². The van der Waals surface area contributed by atoms with Crippen LogP contribution in [0.5, 0.6) is 0 Å². The number of carbonyl (C=O) groups excluding carboxylic acids is 2. The van der Waals surface area contributed by atoms with E-state index in [4.69, 9.17) is 33.1 Å². The Morgan fingerprint density at radius 3 is 1.22 bits per heavy atom. The molecule has 0 radical (unpaired) electrons. The normalized spacial score (nSPS) is 13.0. The van der Waals surface area contributed by atoms with Crippen molar-refractivity contribution in [2.24, 2.45) is 5.73 Å². The quantitative estimate of drug-likeness (QED) is 0.0370. The minimum atomic E-state index is -4.40. The summed E-state index contributed by atoms with van der Waals surface area (Å²) in [7, 11) is -4.40. The van der Waals surface area contributed by atoms with E-state index in [0.717, 1.165) is 70.6 Å². The maximum Gasteiger partial charge on any atom is 0.472 e. The Morgan fingerprint density at radius 1 is 0.508 bits per heavy atom. The predicted octanol–water partition coefficient (Wildman–Crippen LogP) is 14.5. The van der Waals surface area contributed by atoms with Crippen LogP contribution in [-0.4, -0.2) is 49.3 Å². The van der Waals surface area contributed by atoms with Gasteiger partial charge in [-0.3, -0.25) is 18.6 Å². The largest absolute Gasteiger partial charge is 0.472 e. The van der Waals surface area contributed by atoms with Crippen LogP contribution in [0, 0.1) is 27.7 Å². The van der Waals surface area contributed by atoms with Crippen LogP contribution in [0.4, 0.5) is 0 Å². The van der Waals surface area contributed by atoms with Gasteiger partial charge in [0.15, 0.2) is 6.10 Å². The summed E-state index contributed by atoms with van der Waals surface area (Å²) >= 11 is 0. The summed E-state index contributed by atoms with van der Waals surface area (Å²) in [6.45, 7) is 12.5. The van der Waals surface area contributed by atoms with Crippen molar-refractivity contribution in [1.29, 1.82) is 0 Å². The first-order valence-corrected chi connectivity index (χ1v) is 27.7. The molecule has 376 valence electrons. The summed E-state index contributed by atoms with van der Waals surface area (Å²) in [5, 5.41) is 0. The second-order valence-electron chi connectivity index (χ2n) is 18.6. The zero-order valence-electron chi connectivity index (χ0n) is 42.2. The van der Waals surface area contributed by atoms with Crippen LogP contribution in [0.2, 0.25) is 0 Å². The van der Waals surface area contributed by atoms with Crippen molar-refractivity contribution in [1.82, 2.24) is 0 Å². The van der Waals surface area contributed by atoms with Crippen molar-refractivity contribution in [3.63, 3.8) is 0 Å². The minimum absolute atomic E-state index is 0.0455. The molecule has 0 aliphatic heterocycles. The van der Waals surface area contributed by atoms with Gasteiger partial charge in [-0.05, 0) is 88.5 Å². The fourth-order valence-corrected chi connectivity index (χ4v) is 9.17. The van der Waals surface area contributed by atoms with Crippen molar-refractivity contribution in [3.05, 3.63) is 45.3 Å². The van der Waals surface area contributed by atoms with Crippen LogP contribution >= 0.6 is 7.82 Å². The molecular formula is C53H94NO10P. The summed E-state index contributed by atoms with van der Waals surface area (Å²) < 4.78 is 45.5. The zero-order chi connectivity index (χ0) is 47.5. The number of nitrogens with two attached hydrogens (primary N) is 1. The third-order valence-corrected chi connectivity index (χ3v) is 13.9. The Hall–Kier alpha value is -2.43. The highest BCUT2D eigenvalue weighted by Crippen LogP contribution is 2.43. The van der Waals surface area contributed by atoms with E-state index in [1.165, 1.54) is 161 Å². The van der Waals surface area contributed by atoms with Gasteiger partial charge in [0.2, 0.25) is 0 Å². The van der Waals surface area contributed by atoms with E-state index in [1.54, 1.807) is 0 Å². The molecule has 3 N–H and O–H groups in total. The van der Waals surface area contributed by atoms with Crippen LogP contribution < -0.4 is 5.73 Å². The monoisotopic (exact) mass is 936 g/mol. The lowest BCUT2D eigenvalue weighted by Crippen LogP contribution is -2.29. The van der Waals surface area contributed by atoms with E-state index in [9.17, 15) is 19.0 Å². The number of furan rings is 2. The lowest BCUT2D eigenvalue weighted by Gasteiger charge is -2.19. The number of carbonyl (C=O) groups is 2. The molecule has 0 aliphatic rings. The Morgan fingerprint density at radius 2 is 0.846 bits per heavy atom. The second kappa shape index (κ2) is 36.6. The fourth-order valence-electron chi connectivity index (χ4n) is 8.41. The third-order valence-electron chi connectivity index (χ3n) is 12.9. The number of phosphoric ester groups is 1. The molecule has 0 spiro atoms. The molecule has 65 heavy (non-hydrogen) atoms. The molecule has 0 aromatic carbocycles. The van der Waals surface area contributed by atoms with Crippen LogP contribution in [0.15, 0.2) is 8.83 Å². The minimum Gasteiger partial charge on any atom is -0.466 e. The molecule has 1 unspecified atom stereocenters. The molecule has 2 aromatic rings. The number of hydrogen-bond acceptors (Lipinski definition) is 10. The van der Waals surface area contributed by atoms with Gasteiger partial charge in [0.1, 0.15) is 29.6 Å². The van der Waals surface area contributed by atoms with Crippen LogP contribution in [0.25, 0.3) is 0 Å². The summed E-state index contributed by atoms with van der Waals surface area (Å²) in [6, 6.07) is 0. The van der Waals surface area contributed by atoms with E-state index < -0.39 is 32.5 Å². The molecule has 2 atom stereocenters. The molecule has 0 saturated carbocycles. The Bertz CT molecular complexity index is 1580. The van der Waals surface area contributed by atoms with Crippen molar-refractivity contribution >= 4 is 19.8 Å². The van der Waals surface area contributed by atoms with Gasteiger partial charge < -0.3 is 28.9 Å². The highest BCUT2D eigenvalue weighted by atomic mass is 31.2. The van der Waals surface area contributed by atoms with Gasteiger partial charge in [0.05, 0.1) is 13.2 Å². The van der Waals surface area contributed by atoms with E-state index in [2.05, 4.69) is 41.5 Å². The number of esters is 2. The van der Waals surface area contributed by atoms with Crippen LogP contribution in [0.3, 0.4) is 0 Å². The first kappa shape index (κ1) is 58.7. The van der Waals surface area contributed by atoms with Crippen molar-refractivity contribution < 1.29 is 46.4 Å². The Labute approximate surface area is 395 Å². The summed E-state index contributed by atoms with van der Waals surface area (Å²) in [5.74, 6) is 3.90. The fraction of sp³-hybridized carbons (Fsp3) is 0.811. The molecule has 2 aromatic heterocycles. The number of ether oxygens (including phenoxy) is 2. The predicted molar refractivity (Wildman–Crippen MR) is 263 cm³/mol. The molecular weight excluding hydrogens is 842 g/mol. The topological polar surface area (TPSA) is 161 Å². The highest BCUT2D eigenvalue weighted by molar-refractivity contribution is 7.47. The molecule has 2 rings (SSSR count). The molecule has 0 fully saturated rings. The van der Waals surface area contributed by atoms with Crippen molar-refractivity contribution in [3.8, 4) is 0 Å². The van der Waals surface area contributed by atoms with Gasteiger partial charge in [0.25, 0.3) is 0 Å². The standard InChI is InChI=1S/C53H94NO10P/c1-7-9-27-33-48-43(3)45(5)50(63-48)35-29-23-19-15-11-13-17-21-25-31-37-52(55)59-41-47(42-61-65(57,58)60-40-39-54)62-53(56)38-32-26-22-18-14-12-16-20-24-30-36-51-46(6)44(4)49(64-51)34-28-10-8-2/h47H,7-42,54H2,1-6H3,(H,57,58)/t47-/m1/s1. The Kier molecular flexibility index (Phi) is 33.0. The lowest BCUT2D eigenvalue weighted by atomic mass is 10.0. The molecule has 11 nitrogen and oxygen atoms in total. The van der Waals surface area contributed by atoms with E-state index >= 15 is 0 Å². The SMILES string of the molecule is CCCCCc1oc(CCCCCCCCCCCCC(=O)OC[C@H](COP(=O)(O)OCCN)OC(=O)CCCCCCCCCCCCc2oc(CCCCC)c(C)c2C)c(C)c1C. The Balaban J connectivity index is 1.53. The highest BCUT2D eigenvalue weighted by Gasteiger charge is 2.26. The number of unbranched alkanes of at least 4 members (excludes halogenated alkanes) is 22. The summed E-state index contributed by atoms with van der Waals surface area (Å²) in [6.07, 6.45) is 33.3. The number of phosphoric acid groups is 1. The zero-order valence-corrected chi connectivity index (χ0v) is 43.1. The lowest BCUT2D eigenvalue weighted by molar-refractivity contribution is -0.161. The van der Waals surface area contributed by atoms with Crippen LogP contribution in [0.1, 0.15) is 239 Å². The van der Waals surface area contributed by atoms with Gasteiger partial charge in [-0.15, -0.1) is 0 Å². The van der Waals surface area contributed by atoms with E-state index in [-0.39, 0.29) is 32.6 Å². The second-order valence-corrected chi connectivity index (χ2v) is 20.0. The average molecular weight is 936 g/mol. The van der Waals surface area contributed by atoms with Gasteiger partial charge in [-0.1, -0.05) is 142 Å². The molecule has 2 heterocycles. The van der Waals surface area contributed by atoms with Gasteiger partial charge in [-0.25, -0.2) is 4.57 Å². The van der Waals surface area contributed by atoms with E-state index in [0.29, 0.717) is 6.42 Å².